The highest BCUT2D eigenvalue weighted by Gasteiger charge is 2.21. The third kappa shape index (κ3) is 3.79. The lowest BCUT2D eigenvalue weighted by Crippen LogP contribution is -2.47. The van der Waals surface area contributed by atoms with Gasteiger partial charge in [-0.25, -0.2) is 19.5 Å². The van der Waals surface area contributed by atoms with Gasteiger partial charge in [-0.3, -0.25) is 4.68 Å². The van der Waals surface area contributed by atoms with Gasteiger partial charge in [0, 0.05) is 69.1 Å². The Morgan fingerprint density at radius 2 is 1.67 bits per heavy atom. The summed E-state index contributed by atoms with van der Waals surface area (Å²) in [6.45, 7) is 3.47. The molecule has 6 heterocycles. The summed E-state index contributed by atoms with van der Waals surface area (Å²) >= 11 is 0. The summed E-state index contributed by atoms with van der Waals surface area (Å²) in [6, 6.07) is 4.26. The van der Waals surface area contributed by atoms with Crippen molar-refractivity contribution >= 4 is 17.2 Å². The van der Waals surface area contributed by atoms with Crippen molar-refractivity contribution in [2.75, 3.05) is 36.0 Å². The molecule has 5 aromatic heterocycles. The fraction of sp³-hybridized carbons (Fsp3) is 0.261. The molecule has 0 saturated carbocycles. The monoisotopic (exact) mass is 441 g/mol. The molecule has 166 valence electrons. The van der Waals surface area contributed by atoms with E-state index in [0.717, 1.165) is 60.0 Å². The maximum absolute atomic E-state index is 5.30. The summed E-state index contributed by atoms with van der Waals surface area (Å²) in [7, 11) is 1.92. The largest absolute Gasteiger partial charge is 0.449 e. The van der Waals surface area contributed by atoms with Gasteiger partial charge in [0.1, 0.15) is 6.26 Å². The predicted molar refractivity (Wildman–Crippen MR) is 123 cm³/mol. The standard InChI is InChI=1S/C23H23N9O/c1-29-15-19(13-27-29)18-2-3-20-21(14-28-32(20)16-18)30-5-7-31(8-6-30)23-25-11-17(12-26-23)10-22-24-4-9-33-22/h2-4,9,11-16H,5-8,10H2,1H3. The minimum Gasteiger partial charge on any atom is -0.449 e. The lowest BCUT2D eigenvalue weighted by atomic mass is 10.1. The molecule has 1 saturated heterocycles. The minimum atomic E-state index is 0.596. The van der Waals surface area contributed by atoms with Crippen LogP contribution >= 0.6 is 0 Å². The van der Waals surface area contributed by atoms with Crippen molar-refractivity contribution in [3.8, 4) is 11.1 Å². The van der Waals surface area contributed by atoms with E-state index >= 15 is 0 Å². The molecule has 1 aliphatic heterocycles. The molecule has 0 aliphatic carbocycles. The van der Waals surface area contributed by atoms with Crippen LogP contribution in [-0.4, -0.2) is 60.5 Å². The molecule has 0 radical (unpaired) electrons. The van der Waals surface area contributed by atoms with Gasteiger partial charge in [-0.15, -0.1) is 0 Å². The van der Waals surface area contributed by atoms with E-state index in [4.69, 9.17) is 4.42 Å². The summed E-state index contributed by atoms with van der Waals surface area (Å²) < 4.78 is 9.05. The second kappa shape index (κ2) is 8.05. The molecular formula is C23H23N9O. The molecule has 33 heavy (non-hydrogen) atoms. The Morgan fingerprint density at radius 3 is 2.39 bits per heavy atom. The van der Waals surface area contributed by atoms with Crippen molar-refractivity contribution in [1.29, 1.82) is 0 Å². The Bertz CT molecular complexity index is 1360. The smallest absolute Gasteiger partial charge is 0.225 e. The molecular weight excluding hydrogens is 418 g/mol. The summed E-state index contributed by atoms with van der Waals surface area (Å²) in [6.07, 6.45) is 15.4. The van der Waals surface area contributed by atoms with Crippen LogP contribution in [0.1, 0.15) is 11.5 Å². The first-order valence-corrected chi connectivity index (χ1v) is 10.9. The fourth-order valence-corrected chi connectivity index (χ4v) is 4.22. The molecule has 10 nitrogen and oxygen atoms in total. The van der Waals surface area contributed by atoms with E-state index in [1.165, 1.54) is 0 Å². The highest BCUT2D eigenvalue weighted by atomic mass is 16.3. The van der Waals surface area contributed by atoms with Crippen molar-refractivity contribution in [3.05, 3.63) is 73.2 Å². The number of nitrogens with zero attached hydrogens (tertiary/aromatic N) is 9. The van der Waals surface area contributed by atoms with Crippen LogP contribution < -0.4 is 9.80 Å². The van der Waals surface area contributed by atoms with Gasteiger partial charge in [0.25, 0.3) is 0 Å². The van der Waals surface area contributed by atoms with Crippen LogP contribution in [0.15, 0.2) is 66.2 Å². The minimum absolute atomic E-state index is 0.596. The van der Waals surface area contributed by atoms with Crippen LogP contribution in [-0.2, 0) is 13.5 Å². The van der Waals surface area contributed by atoms with Gasteiger partial charge in [0.05, 0.1) is 36.2 Å². The zero-order valence-electron chi connectivity index (χ0n) is 18.2. The van der Waals surface area contributed by atoms with Crippen molar-refractivity contribution < 1.29 is 4.42 Å². The number of aromatic nitrogens is 7. The van der Waals surface area contributed by atoms with E-state index in [1.54, 1.807) is 17.1 Å². The zero-order valence-corrected chi connectivity index (χ0v) is 18.2. The number of rotatable bonds is 5. The van der Waals surface area contributed by atoms with Crippen molar-refractivity contribution in [2.24, 2.45) is 7.05 Å². The van der Waals surface area contributed by atoms with E-state index < -0.39 is 0 Å². The summed E-state index contributed by atoms with van der Waals surface area (Å²) in [5.74, 6) is 1.42. The quantitative estimate of drug-likeness (QED) is 0.411. The average molecular weight is 441 g/mol. The summed E-state index contributed by atoms with van der Waals surface area (Å²) in [5, 5.41) is 8.86. The molecule has 0 N–H and O–H groups in total. The van der Waals surface area contributed by atoms with Gasteiger partial charge in [-0.05, 0) is 11.6 Å². The number of pyridine rings is 1. The average Bonchev–Trinajstić information content (AvgIpc) is 3.61. The van der Waals surface area contributed by atoms with Gasteiger partial charge in [-0.1, -0.05) is 6.07 Å². The number of piperazine rings is 1. The zero-order chi connectivity index (χ0) is 22.2. The Morgan fingerprint density at radius 1 is 0.848 bits per heavy atom. The third-order valence-electron chi connectivity index (χ3n) is 5.97. The molecule has 1 fully saturated rings. The van der Waals surface area contributed by atoms with Gasteiger partial charge < -0.3 is 14.2 Å². The van der Waals surface area contributed by atoms with Gasteiger partial charge in [0.2, 0.25) is 5.95 Å². The molecule has 1 aliphatic rings. The van der Waals surface area contributed by atoms with Gasteiger partial charge >= 0.3 is 0 Å². The summed E-state index contributed by atoms with van der Waals surface area (Å²) in [4.78, 5) is 17.9. The van der Waals surface area contributed by atoms with E-state index in [0.29, 0.717) is 12.3 Å². The van der Waals surface area contributed by atoms with Crippen LogP contribution in [0.3, 0.4) is 0 Å². The van der Waals surface area contributed by atoms with Gasteiger partial charge in [0.15, 0.2) is 5.89 Å². The Kier molecular flexibility index (Phi) is 4.75. The van der Waals surface area contributed by atoms with Crippen LogP contribution in [0.5, 0.6) is 0 Å². The second-order valence-corrected chi connectivity index (χ2v) is 8.15. The van der Waals surface area contributed by atoms with Crippen molar-refractivity contribution in [1.82, 2.24) is 34.3 Å². The topological polar surface area (TPSA) is 93.4 Å². The summed E-state index contributed by atoms with van der Waals surface area (Å²) in [5.41, 5.74) is 5.41. The molecule has 5 aromatic rings. The number of aryl methyl sites for hydroxylation is 1. The molecule has 0 aromatic carbocycles. The Hall–Kier alpha value is -4.21. The molecule has 0 atom stereocenters. The van der Waals surface area contributed by atoms with Crippen molar-refractivity contribution in [2.45, 2.75) is 6.42 Å². The molecule has 0 amide bonds. The van der Waals surface area contributed by atoms with E-state index in [2.05, 4.69) is 53.3 Å². The first-order chi connectivity index (χ1) is 16.2. The number of fused-ring (bicyclic) bond motifs is 1. The highest BCUT2D eigenvalue weighted by molar-refractivity contribution is 5.75. The molecule has 0 bridgehead atoms. The van der Waals surface area contributed by atoms with Crippen LogP contribution in [0.2, 0.25) is 0 Å². The SMILES string of the molecule is Cn1cc(-c2ccc3c(N4CCN(c5ncc(Cc6ncco6)cn5)CC4)cnn3c2)cn1. The highest BCUT2D eigenvalue weighted by Crippen LogP contribution is 2.26. The van der Waals surface area contributed by atoms with Crippen LogP contribution in [0.25, 0.3) is 16.6 Å². The fourth-order valence-electron chi connectivity index (χ4n) is 4.22. The van der Waals surface area contributed by atoms with E-state index in [-0.39, 0.29) is 0 Å². The molecule has 6 rings (SSSR count). The molecule has 0 unspecified atom stereocenters. The van der Waals surface area contributed by atoms with Crippen molar-refractivity contribution in [3.63, 3.8) is 0 Å². The second-order valence-electron chi connectivity index (χ2n) is 8.15. The maximum Gasteiger partial charge on any atom is 0.225 e. The van der Waals surface area contributed by atoms with E-state index in [9.17, 15) is 0 Å². The number of anilines is 2. The molecule has 10 heteroatoms. The lowest BCUT2D eigenvalue weighted by Gasteiger charge is -2.35. The number of oxazole rings is 1. The predicted octanol–water partition coefficient (Wildman–Crippen LogP) is 2.43. The maximum atomic E-state index is 5.30. The number of hydrogen-bond donors (Lipinski definition) is 0. The van der Waals surface area contributed by atoms with E-state index in [1.807, 2.05) is 42.5 Å². The number of hydrogen-bond acceptors (Lipinski definition) is 8. The first kappa shape index (κ1) is 19.5. The van der Waals surface area contributed by atoms with Crippen LogP contribution in [0.4, 0.5) is 11.6 Å². The third-order valence-corrected chi connectivity index (χ3v) is 5.97. The first-order valence-electron chi connectivity index (χ1n) is 10.9. The Labute approximate surface area is 190 Å². The molecule has 0 spiro atoms. The van der Waals surface area contributed by atoms with Crippen LogP contribution in [0, 0.1) is 0 Å². The van der Waals surface area contributed by atoms with Gasteiger partial charge in [-0.2, -0.15) is 10.2 Å². The normalized spacial score (nSPS) is 14.3. The Balaban J connectivity index is 1.13. The lowest BCUT2D eigenvalue weighted by molar-refractivity contribution is 0.506.